The van der Waals surface area contributed by atoms with Gasteiger partial charge in [0.25, 0.3) is 5.91 Å². The van der Waals surface area contributed by atoms with Gasteiger partial charge in [-0.15, -0.1) is 11.3 Å². The van der Waals surface area contributed by atoms with E-state index in [0.29, 0.717) is 30.8 Å². The Labute approximate surface area is 214 Å². The average molecular weight is 535 g/mol. The van der Waals surface area contributed by atoms with Crippen molar-refractivity contribution in [1.29, 1.82) is 0 Å². The lowest BCUT2D eigenvalue weighted by molar-refractivity contribution is -0.122. The topological polar surface area (TPSA) is 62.3 Å². The third-order valence-corrected chi connectivity index (χ3v) is 7.49. The number of thiocarbonyl (C=S) groups is 1. The number of halogens is 2. The van der Waals surface area contributed by atoms with Crippen LogP contribution in [0.15, 0.2) is 59.6 Å². The fourth-order valence-electron chi connectivity index (χ4n) is 3.05. The van der Waals surface area contributed by atoms with Gasteiger partial charge < -0.3 is 5.32 Å². The van der Waals surface area contributed by atoms with E-state index in [2.05, 4.69) is 10.3 Å². The molecular formula is C23H17Cl2N3O2S3. The molecule has 1 aliphatic rings. The van der Waals surface area contributed by atoms with E-state index in [-0.39, 0.29) is 24.8 Å². The van der Waals surface area contributed by atoms with Crippen LogP contribution in [0.25, 0.3) is 6.08 Å². The standard InChI is InChI=1S/C23H17Cl2N3O2S3/c24-16-5-1-14(2-6-16)11-18-13-26-22(32-18)27-20(29)9-10-28-21(30)19(33-23(28)31)12-15-3-7-17(25)8-4-15/h1-8,12-13H,9-11H2,(H,26,27,29)/b19-12-. The number of nitrogens with zero attached hydrogens (tertiary/aromatic N) is 2. The third kappa shape index (κ3) is 6.43. The lowest BCUT2D eigenvalue weighted by atomic mass is 10.1. The van der Waals surface area contributed by atoms with Gasteiger partial charge in [0.15, 0.2) is 5.13 Å². The zero-order valence-corrected chi connectivity index (χ0v) is 21.0. The maximum Gasteiger partial charge on any atom is 0.266 e. The Bertz CT molecular complexity index is 1220. The summed E-state index contributed by atoms with van der Waals surface area (Å²) in [5.41, 5.74) is 1.97. The second-order valence-electron chi connectivity index (χ2n) is 7.12. The van der Waals surface area contributed by atoms with Crippen molar-refractivity contribution >= 4 is 85.9 Å². The maximum atomic E-state index is 12.7. The molecule has 1 saturated heterocycles. The number of anilines is 1. The van der Waals surface area contributed by atoms with Crippen molar-refractivity contribution in [2.45, 2.75) is 12.8 Å². The minimum absolute atomic E-state index is 0.118. The number of benzene rings is 2. The lowest BCUT2D eigenvalue weighted by Gasteiger charge is -2.13. The molecule has 10 heteroatoms. The normalized spacial score (nSPS) is 14.8. The molecule has 2 heterocycles. The Kier molecular flexibility index (Phi) is 7.82. The summed E-state index contributed by atoms with van der Waals surface area (Å²) >= 11 is 19.8. The highest BCUT2D eigenvalue weighted by molar-refractivity contribution is 8.26. The van der Waals surface area contributed by atoms with E-state index in [9.17, 15) is 9.59 Å². The molecule has 0 bridgehead atoms. The van der Waals surface area contributed by atoms with Gasteiger partial charge in [-0.05, 0) is 41.5 Å². The minimum Gasteiger partial charge on any atom is -0.302 e. The molecule has 5 nitrogen and oxygen atoms in total. The van der Waals surface area contributed by atoms with E-state index >= 15 is 0 Å². The molecule has 2 amide bonds. The smallest absolute Gasteiger partial charge is 0.266 e. The number of thiazole rings is 1. The van der Waals surface area contributed by atoms with Crippen LogP contribution in [0.4, 0.5) is 5.13 Å². The van der Waals surface area contributed by atoms with Crippen LogP contribution in [-0.2, 0) is 16.0 Å². The first kappa shape index (κ1) is 23.9. The Morgan fingerprint density at radius 3 is 2.45 bits per heavy atom. The summed E-state index contributed by atoms with van der Waals surface area (Å²) in [6.07, 6.45) is 4.35. The molecule has 0 radical (unpaired) electrons. The van der Waals surface area contributed by atoms with Gasteiger partial charge in [-0.2, -0.15) is 0 Å². The van der Waals surface area contributed by atoms with Crippen molar-refractivity contribution in [1.82, 2.24) is 9.88 Å². The molecular weight excluding hydrogens is 517 g/mol. The largest absolute Gasteiger partial charge is 0.302 e. The van der Waals surface area contributed by atoms with Gasteiger partial charge in [-0.25, -0.2) is 4.98 Å². The van der Waals surface area contributed by atoms with E-state index in [1.807, 2.05) is 36.4 Å². The molecule has 0 unspecified atom stereocenters. The number of nitrogens with one attached hydrogen (secondary N) is 1. The zero-order valence-electron chi connectivity index (χ0n) is 17.1. The molecule has 0 atom stereocenters. The summed E-state index contributed by atoms with van der Waals surface area (Å²) in [6.45, 7) is 0.206. The number of hydrogen-bond donors (Lipinski definition) is 1. The van der Waals surface area contributed by atoms with Gasteiger partial charge in [-0.3, -0.25) is 14.5 Å². The Hall–Kier alpha value is -2.23. The fraction of sp³-hybridized carbons (Fsp3) is 0.130. The van der Waals surface area contributed by atoms with Crippen LogP contribution in [0.1, 0.15) is 22.4 Å². The number of aromatic nitrogens is 1. The molecule has 3 aromatic rings. The number of thioether (sulfide) groups is 1. The zero-order chi connectivity index (χ0) is 23.4. The second-order valence-corrected chi connectivity index (χ2v) is 10.8. The van der Waals surface area contributed by atoms with Crippen LogP contribution in [-0.4, -0.2) is 32.6 Å². The van der Waals surface area contributed by atoms with Crippen molar-refractivity contribution in [3.8, 4) is 0 Å². The van der Waals surface area contributed by atoms with Gasteiger partial charge in [0.2, 0.25) is 5.91 Å². The highest BCUT2D eigenvalue weighted by Crippen LogP contribution is 2.33. The number of carbonyl (C=O) groups excluding carboxylic acids is 2. The first-order valence-electron chi connectivity index (χ1n) is 9.87. The summed E-state index contributed by atoms with van der Waals surface area (Å²) in [6, 6.07) is 14.8. The number of amides is 2. The van der Waals surface area contributed by atoms with E-state index in [1.54, 1.807) is 24.4 Å². The fourth-order valence-corrected chi connectivity index (χ4v) is 5.47. The minimum atomic E-state index is -0.224. The molecule has 0 saturated carbocycles. The van der Waals surface area contributed by atoms with Crippen LogP contribution in [0, 0.1) is 0 Å². The number of rotatable bonds is 7. The molecule has 0 aliphatic carbocycles. The highest BCUT2D eigenvalue weighted by Gasteiger charge is 2.32. The number of carbonyl (C=O) groups is 2. The Morgan fingerprint density at radius 1 is 1.09 bits per heavy atom. The van der Waals surface area contributed by atoms with Gasteiger partial charge in [-0.1, -0.05) is 71.4 Å². The molecule has 168 valence electrons. The molecule has 1 aliphatic heterocycles. The highest BCUT2D eigenvalue weighted by atomic mass is 35.5. The van der Waals surface area contributed by atoms with Gasteiger partial charge in [0.05, 0.1) is 4.91 Å². The molecule has 2 aromatic carbocycles. The molecule has 1 N–H and O–H groups in total. The van der Waals surface area contributed by atoms with Gasteiger partial charge in [0.1, 0.15) is 4.32 Å². The van der Waals surface area contributed by atoms with Crippen molar-refractivity contribution in [3.05, 3.63) is 85.7 Å². The summed E-state index contributed by atoms with van der Waals surface area (Å²) in [4.78, 5) is 32.4. The number of hydrogen-bond acceptors (Lipinski definition) is 6. The summed E-state index contributed by atoms with van der Waals surface area (Å²) in [5.74, 6) is -0.426. The van der Waals surface area contributed by atoms with Crippen LogP contribution in [0.2, 0.25) is 10.0 Å². The van der Waals surface area contributed by atoms with Crippen molar-refractivity contribution in [3.63, 3.8) is 0 Å². The van der Waals surface area contributed by atoms with E-state index in [4.69, 9.17) is 35.4 Å². The first-order chi connectivity index (χ1) is 15.9. The Balaban J connectivity index is 1.30. The molecule has 1 fully saturated rings. The molecule has 4 rings (SSSR count). The monoisotopic (exact) mass is 533 g/mol. The van der Waals surface area contributed by atoms with Crippen LogP contribution in [0.5, 0.6) is 0 Å². The van der Waals surface area contributed by atoms with Crippen LogP contribution in [0.3, 0.4) is 0 Å². The van der Waals surface area contributed by atoms with Crippen LogP contribution >= 0.6 is 58.5 Å². The lowest BCUT2D eigenvalue weighted by Crippen LogP contribution is -2.31. The average Bonchev–Trinajstić information content (AvgIpc) is 3.33. The van der Waals surface area contributed by atoms with Crippen molar-refractivity contribution in [2.75, 3.05) is 11.9 Å². The predicted octanol–water partition coefficient (Wildman–Crippen LogP) is 6.27. The van der Waals surface area contributed by atoms with E-state index in [1.165, 1.54) is 28.0 Å². The third-order valence-electron chi connectivity index (χ3n) is 4.70. The second kappa shape index (κ2) is 10.8. The molecule has 0 spiro atoms. The molecule has 1 aromatic heterocycles. The van der Waals surface area contributed by atoms with E-state index in [0.717, 1.165) is 16.0 Å². The van der Waals surface area contributed by atoms with Crippen LogP contribution < -0.4 is 5.32 Å². The first-order valence-corrected chi connectivity index (χ1v) is 12.7. The SMILES string of the molecule is O=C(CCN1C(=O)/C(=C/c2ccc(Cl)cc2)SC1=S)Nc1ncc(Cc2ccc(Cl)cc2)s1. The maximum absolute atomic E-state index is 12.7. The summed E-state index contributed by atoms with van der Waals surface area (Å²) < 4.78 is 0.438. The van der Waals surface area contributed by atoms with Gasteiger partial charge >= 0.3 is 0 Å². The summed E-state index contributed by atoms with van der Waals surface area (Å²) in [7, 11) is 0. The van der Waals surface area contributed by atoms with Gasteiger partial charge in [0, 0.05) is 40.5 Å². The predicted molar refractivity (Wildman–Crippen MR) is 141 cm³/mol. The van der Waals surface area contributed by atoms with Crippen molar-refractivity contribution in [2.24, 2.45) is 0 Å². The van der Waals surface area contributed by atoms with E-state index < -0.39 is 0 Å². The van der Waals surface area contributed by atoms with Crippen molar-refractivity contribution < 1.29 is 9.59 Å². The molecule has 33 heavy (non-hydrogen) atoms. The Morgan fingerprint density at radius 2 is 1.76 bits per heavy atom. The quantitative estimate of drug-likeness (QED) is 0.286. The summed E-state index contributed by atoms with van der Waals surface area (Å²) in [5, 5.41) is 4.64.